The maximum Gasteiger partial charge on any atom is 0.227 e. The summed E-state index contributed by atoms with van der Waals surface area (Å²) in [7, 11) is 1.69. The van der Waals surface area contributed by atoms with E-state index < -0.39 is 0 Å². The number of aromatic nitrogens is 3. The molecule has 0 aliphatic carbocycles. The van der Waals surface area contributed by atoms with E-state index in [2.05, 4.69) is 47.0 Å². The van der Waals surface area contributed by atoms with Crippen molar-refractivity contribution in [2.45, 2.75) is 52.4 Å². The van der Waals surface area contributed by atoms with Gasteiger partial charge in [0.2, 0.25) is 5.95 Å². The molecule has 0 radical (unpaired) electrons. The number of pyridine rings is 1. The highest BCUT2D eigenvalue weighted by atomic mass is 16.5. The number of hydrogen-bond donors (Lipinski definition) is 1. The second kappa shape index (κ2) is 11.7. The standard InChI is InChI=1S/C28H35N5O/c1-21(2)9-5-6-10-23-19-25-24(20-26(23)34-3)27(30-16-13-22-11-14-29-15-12-22)32-28(31-25)33-17-7-4-8-18-33/h11-12,14-15,19-21H,4-5,7-9,13,16-18H2,1-3H3,(H,30,31,32). The van der Waals surface area contributed by atoms with Crippen molar-refractivity contribution in [2.24, 2.45) is 5.92 Å². The van der Waals surface area contributed by atoms with Crippen molar-refractivity contribution >= 4 is 22.7 Å². The normalized spacial score (nSPS) is 13.6. The molecule has 2 aromatic heterocycles. The smallest absolute Gasteiger partial charge is 0.227 e. The Morgan fingerprint density at radius 2 is 1.88 bits per heavy atom. The maximum atomic E-state index is 5.70. The number of nitrogens with one attached hydrogen (secondary N) is 1. The highest BCUT2D eigenvalue weighted by molar-refractivity contribution is 5.92. The van der Waals surface area contributed by atoms with Gasteiger partial charge in [-0.1, -0.05) is 25.7 Å². The van der Waals surface area contributed by atoms with Crippen molar-refractivity contribution in [3.63, 3.8) is 0 Å². The number of piperidine rings is 1. The van der Waals surface area contributed by atoms with Crippen LogP contribution in [0.1, 0.15) is 57.1 Å². The number of anilines is 2. The first-order valence-electron chi connectivity index (χ1n) is 12.4. The van der Waals surface area contributed by atoms with Crippen LogP contribution in [0.25, 0.3) is 10.9 Å². The Labute approximate surface area is 203 Å². The van der Waals surface area contributed by atoms with E-state index in [9.17, 15) is 0 Å². The van der Waals surface area contributed by atoms with Crippen LogP contribution in [0.4, 0.5) is 11.8 Å². The molecule has 0 amide bonds. The van der Waals surface area contributed by atoms with Gasteiger partial charge in [0.05, 0.1) is 18.2 Å². The predicted molar refractivity (Wildman–Crippen MR) is 140 cm³/mol. The molecule has 34 heavy (non-hydrogen) atoms. The zero-order valence-corrected chi connectivity index (χ0v) is 20.6. The second-order valence-electron chi connectivity index (χ2n) is 9.26. The van der Waals surface area contributed by atoms with E-state index in [1.165, 1.54) is 24.8 Å². The quantitative estimate of drug-likeness (QED) is 0.453. The summed E-state index contributed by atoms with van der Waals surface area (Å²) in [6, 6.07) is 8.18. The van der Waals surface area contributed by atoms with Gasteiger partial charge < -0.3 is 15.0 Å². The highest BCUT2D eigenvalue weighted by Gasteiger charge is 2.18. The molecule has 1 N–H and O–H groups in total. The third kappa shape index (κ3) is 6.17. The lowest BCUT2D eigenvalue weighted by atomic mass is 10.1. The first-order valence-corrected chi connectivity index (χ1v) is 12.4. The zero-order valence-electron chi connectivity index (χ0n) is 20.6. The fraction of sp³-hybridized carbons (Fsp3) is 0.464. The van der Waals surface area contributed by atoms with Crippen LogP contribution in [-0.4, -0.2) is 41.7 Å². The third-order valence-corrected chi connectivity index (χ3v) is 6.17. The molecule has 1 aliphatic heterocycles. The Morgan fingerprint density at radius 3 is 2.62 bits per heavy atom. The first kappa shape index (κ1) is 23.8. The molecule has 1 saturated heterocycles. The van der Waals surface area contributed by atoms with Gasteiger partial charge in [0.25, 0.3) is 0 Å². The Hall–Kier alpha value is -3.33. The van der Waals surface area contributed by atoms with Crippen LogP contribution in [-0.2, 0) is 6.42 Å². The molecule has 3 heterocycles. The van der Waals surface area contributed by atoms with Gasteiger partial charge in [-0.05, 0) is 67.9 Å². The molecule has 3 aromatic rings. The number of hydrogen-bond acceptors (Lipinski definition) is 6. The fourth-order valence-electron chi connectivity index (χ4n) is 4.17. The van der Waals surface area contributed by atoms with E-state index in [1.807, 2.05) is 30.6 Å². The van der Waals surface area contributed by atoms with Crippen LogP contribution < -0.4 is 15.0 Å². The molecule has 0 bridgehead atoms. The van der Waals surface area contributed by atoms with Gasteiger partial charge in [0.15, 0.2) is 0 Å². The van der Waals surface area contributed by atoms with Crippen molar-refractivity contribution in [3.8, 4) is 17.6 Å². The summed E-state index contributed by atoms with van der Waals surface area (Å²) < 4.78 is 5.70. The molecule has 1 aliphatic rings. The molecule has 1 fully saturated rings. The summed E-state index contributed by atoms with van der Waals surface area (Å²) in [4.78, 5) is 16.3. The minimum Gasteiger partial charge on any atom is -0.495 e. The van der Waals surface area contributed by atoms with E-state index in [4.69, 9.17) is 14.7 Å². The molecule has 6 nitrogen and oxygen atoms in total. The zero-order chi connectivity index (χ0) is 23.8. The lowest BCUT2D eigenvalue weighted by molar-refractivity contribution is 0.414. The predicted octanol–water partition coefficient (Wildman–Crippen LogP) is 5.47. The summed E-state index contributed by atoms with van der Waals surface area (Å²) in [6.45, 7) is 7.22. The van der Waals surface area contributed by atoms with Crippen LogP contribution >= 0.6 is 0 Å². The van der Waals surface area contributed by atoms with Crippen molar-refractivity contribution < 1.29 is 4.74 Å². The summed E-state index contributed by atoms with van der Waals surface area (Å²) in [5.74, 6) is 9.68. The molecule has 0 spiro atoms. The fourth-order valence-corrected chi connectivity index (χ4v) is 4.17. The van der Waals surface area contributed by atoms with Gasteiger partial charge in [0.1, 0.15) is 11.6 Å². The summed E-state index contributed by atoms with van der Waals surface area (Å²) >= 11 is 0. The van der Waals surface area contributed by atoms with Crippen LogP contribution in [0, 0.1) is 17.8 Å². The van der Waals surface area contributed by atoms with Gasteiger partial charge in [-0.25, -0.2) is 4.98 Å². The largest absolute Gasteiger partial charge is 0.495 e. The van der Waals surface area contributed by atoms with Crippen LogP contribution in [0.15, 0.2) is 36.7 Å². The van der Waals surface area contributed by atoms with Crippen LogP contribution in [0.3, 0.4) is 0 Å². The summed E-state index contributed by atoms with van der Waals surface area (Å²) in [5, 5.41) is 4.52. The van der Waals surface area contributed by atoms with Crippen molar-refractivity contribution in [1.82, 2.24) is 15.0 Å². The molecule has 4 rings (SSSR count). The minimum absolute atomic E-state index is 0.647. The molecule has 0 atom stereocenters. The van der Waals surface area contributed by atoms with E-state index in [1.54, 1.807) is 7.11 Å². The van der Waals surface area contributed by atoms with E-state index in [0.717, 1.165) is 72.9 Å². The number of rotatable bonds is 8. The molecule has 178 valence electrons. The Balaban J connectivity index is 1.67. The summed E-state index contributed by atoms with van der Waals surface area (Å²) in [6.07, 6.45) is 10.2. The molecule has 0 saturated carbocycles. The average molecular weight is 458 g/mol. The Morgan fingerprint density at radius 1 is 1.09 bits per heavy atom. The molecule has 0 unspecified atom stereocenters. The van der Waals surface area contributed by atoms with Crippen molar-refractivity contribution in [3.05, 3.63) is 47.8 Å². The van der Waals surface area contributed by atoms with Gasteiger partial charge in [0, 0.05) is 43.8 Å². The molecular weight excluding hydrogens is 422 g/mol. The second-order valence-corrected chi connectivity index (χ2v) is 9.26. The monoisotopic (exact) mass is 457 g/mol. The number of fused-ring (bicyclic) bond motifs is 1. The molecule has 6 heteroatoms. The maximum absolute atomic E-state index is 5.70. The van der Waals surface area contributed by atoms with E-state index in [0.29, 0.717) is 5.92 Å². The lowest BCUT2D eigenvalue weighted by Gasteiger charge is -2.27. The van der Waals surface area contributed by atoms with Gasteiger partial charge in [-0.15, -0.1) is 0 Å². The first-order chi connectivity index (χ1) is 16.6. The van der Waals surface area contributed by atoms with Gasteiger partial charge >= 0.3 is 0 Å². The molecule has 1 aromatic carbocycles. The summed E-state index contributed by atoms with van der Waals surface area (Å²) in [5.41, 5.74) is 3.02. The number of nitrogens with zero attached hydrogens (tertiary/aromatic N) is 4. The van der Waals surface area contributed by atoms with E-state index >= 15 is 0 Å². The average Bonchev–Trinajstić information content (AvgIpc) is 2.87. The van der Waals surface area contributed by atoms with E-state index in [-0.39, 0.29) is 0 Å². The number of benzene rings is 1. The topological polar surface area (TPSA) is 63.2 Å². The SMILES string of the molecule is COc1cc2c(NCCc3ccncc3)nc(N3CCCCC3)nc2cc1C#CCCC(C)C. The number of methoxy groups -OCH3 is 1. The van der Waals surface area contributed by atoms with Gasteiger partial charge in [-0.2, -0.15) is 4.98 Å². The third-order valence-electron chi connectivity index (χ3n) is 6.17. The Kier molecular flexibility index (Phi) is 8.19. The van der Waals surface area contributed by atoms with Crippen molar-refractivity contribution in [2.75, 3.05) is 37.0 Å². The van der Waals surface area contributed by atoms with Gasteiger partial charge in [-0.3, -0.25) is 4.98 Å². The van der Waals surface area contributed by atoms with Crippen LogP contribution in [0.2, 0.25) is 0 Å². The Bertz CT molecular complexity index is 1140. The number of ether oxygens (including phenoxy) is 1. The molecular formula is C28H35N5O. The van der Waals surface area contributed by atoms with Crippen molar-refractivity contribution in [1.29, 1.82) is 0 Å². The lowest BCUT2D eigenvalue weighted by Crippen LogP contribution is -2.31. The van der Waals surface area contributed by atoms with Crippen LogP contribution in [0.5, 0.6) is 5.75 Å². The minimum atomic E-state index is 0.647. The highest BCUT2D eigenvalue weighted by Crippen LogP contribution is 2.31.